The van der Waals surface area contributed by atoms with E-state index in [1.54, 1.807) is 24.1 Å². The minimum Gasteiger partial charge on any atom is -0.399 e. The van der Waals surface area contributed by atoms with Crippen molar-refractivity contribution < 1.29 is 14.3 Å². The normalized spacial score (nSPS) is 16.9. The van der Waals surface area contributed by atoms with Crippen molar-refractivity contribution in [2.75, 3.05) is 32.5 Å². The fourth-order valence-electron chi connectivity index (χ4n) is 2.72. The molecule has 0 aromatic carbocycles. The van der Waals surface area contributed by atoms with Crippen LogP contribution >= 0.6 is 0 Å². The van der Waals surface area contributed by atoms with Crippen LogP contribution in [-0.2, 0) is 9.53 Å². The van der Waals surface area contributed by atoms with Crippen molar-refractivity contribution in [2.45, 2.75) is 25.8 Å². The van der Waals surface area contributed by atoms with Crippen LogP contribution in [0.15, 0.2) is 18.3 Å². The Morgan fingerprint density at radius 1 is 1.48 bits per heavy atom. The van der Waals surface area contributed by atoms with Crippen LogP contribution in [0.25, 0.3) is 0 Å². The van der Waals surface area contributed by atoms with Gasteiger partial charge in [0, 0.05) is 44.0 Å². The molecule has 23 heavy (non-hydrogen) atoms. The lowest BCUT2D eigenvalue weighted by molar-refractivity contribution is -0.127. The van der Waals surface area contributed by atoms with Gasteiger partial charge in [0.15, 0.2) is 0 Å². The molecule has 0 spiro atoms. The Balaban J connectivity index is 1.86. The lowest BCUT2D eigenvalue weighted by atomic mass is 9.95. The van der Waals surface area contributed by atoms with Gasteiger partial charge in [0.1, 0.15) is 5.69 Å². The van der Waals surface area contributed by atoms with Gasteiger partial charge in [0.05, 0.1) is 6.61 Å². The molecule has 126 valence electrons. The number of carbonyl (C=O) groups excluding carboxylic acids is 2. The van der Waals surface area contributed by atoms with Gasteiger partial charge in [-0.1, -0.05) is 0 Å². The number of nitrogens with one attached hydrogen (secondary N) is 1. The summed E-state index contributed by atoms with van der Waals surface area (Å²) in [6.07, 6.45) is 2.83. The first-order valence-corrected chi connectivity index (χ1v) is 7.81. The summed E-state index contributed by atoms with van der Waals surface area (Å²) in [5, 5.41) is 2.94. The maximum absolute atomic E-state index is 12.4. The second kappa shape index (κ2) is 7.92. The quantitative estimate of drug-likeness (QED) is 0.831. The number of amides is 2. The van der Waals surface area contributed by atoms with Crippen molar-refractivity contribution in [3.05, 3.63) is 24.0 Å². The maximum Gasteiger partial charge on any atom is 0.272 e. The predicted octanol–water partition coefficient (Wildman–Crippen LogP) is 0.667. The van der Waals surface area contributed by atoms with E-state index in [2.05, 4.69) is 10.3 Å². The standard InChI is InChI=1S/C16H24N4O3/c1-11(10-23-2)19-15(21)12-4-7-20(8-5-12)16(22)14-9-13(17)3-6-18-14/h3,6,9,11-12H,4-5,7-8,10H2,1-2H3,(H2,17,18)(H,19,21)/t11-/m0/s1. The molecule has 0 radical (unpaired) electrons. The highest BCUT2D eigenvalue weighted by Gasteiger charge is 2.28. The van der Waals surface area contributed by atoms with E-state index in [1.165, 1.54) is 6.20 Å². The fourth-order valence-corrected chi connectivity index (χ4v) is 2.72. The number of nitrogens with two attached hydrogens (primary N) is 1. The number of methoxy groups -OCH3 is 1. The fraction of sp³-hybridized carbons (Fsp3) is 0.562. The van der Waals surface area contributed by atoms with Gasteiger partial charge in [-0.25, -0.2) is 0 Å². The summed E-state index contributed by atoms with van der Waals surface area (Å²) >= 11 is 0. The van der Waals surface area contributed by atoms with E-state index in [0.29, 0.717) is 43.9 Å². The summed E-state index contributed by atoms with van der Waals surface area (Å²) < 4.78 is 5.01. The van der Waals surface area contributed by atoms with E-state index in [9.17, 15) is 9.59 Å². The summed E-state index contributed by atoms with van der Waals surface area (Å²) in [5.74, 6) is -0.167. The summed E-state index contributed by atoms with van der Waals surface area (Å²) in [4.78, 5) is 30.3. The number of aromatic nitrogens is 1. The molecular formula is C16H24N4O3. The zero-order chi connectivity index (χ0) is 16.8. The predicted molar refractivity (Wildman–Crippen MR) is 86.8 cm³/mol. The molecule has 0 unspecified atom stereocenters. The van der Waals surface area contributed by atoms with E-state index in [1.807, 2.05) is 6.92 Å². The first kappa shape index (κ1) is 17.2. The van der Waals surface area contributed by atoms with Crippen molar-refractivity contribution in [2.24, 2.45) is 5.92 Å². The lowest BCUT2D eigenvalue weighted by Gasteiger charge is -2.31. The third-order valence-electron chi connectivity index (χ3n) is 3.96. The van der Waals surface area contributed by atoms with Crippen LogP contribution in [0.5, 0.6) is 0 Å². The molecule has 2 rings (SSSR count). The summed E-state index contributed by atoms with van der Waals surface area (Å²) in [6.45, 7) is 3.49. The molecule has 7 nitrogen and oxygen atoms in total. The average Bonchev–Trinajstić information content (AvgIpc) is 2.54. The molecule has 1 aliphatic heterocycles. The van der Waals surface area contributed by atoms with Gasteiger partial charge >= 0.3 is 0 Å². The second-order valence-corrected chi connectivity index (χ2v) is 5.91. The Hall–Kier alpha value is -2.15. The van der Waals surface area contributed by atoms with Crippen molar-refractivity contribution in [3.8, 4) is 0 Å². The Kier molecular flexibility index (Phi) is 5.92. The number of ether oxygens (including phenoxy) is 1. The zero-order valence-electron chi connectivity index (χ0n) is 13.6. The summed E-state index contributed by atoms with van der Waals surface area (Å²) in [6, 6.07) is 3.21. The lowest BCUT2D eigenvalue weighted by Crippen LogP contribution is -2.45. The van der Waals surface area contributed by atoms with Gasteiger partial charge in [0.25, 0.3) is 5.91 Å². The first-order valence-electron chi connectivity index (χ1n) is 7.81. The number of likely N-dealkylation sites (tertiary alicyclic amines) is 1. The molecule has 7 heteroatoms. The molecule has 1 aromatic rings. The van der Waals surface area contributed by atoms with Crippen molar-refractivity contribution in [1.82, 2.24) is 15.2 Å². The average molecular weight is 320 g/mol. The Morgan fingerprint density at radius 2 is 2.17 bits per heavy atom. The Labute approximate surface area is 136 Å². The molecule has 0 saturated carbocycles. The Bertz CT molecular complexity index is 556. The van der Waals surface area contributed by atoms with Gasteiger partial charge in [-0.15, -0.1) is 0 Å². The molecule has 2 heterocycles. The topological polar surface area (TPSA) is 97.5 Å². The van der Waals surface area contributed by atoms with Crippen molar-refractivity contribution >= 4 is 17.5 Å². The molecule has 1 aromatic heterocycles. The zero-order valence-corrected chi connectivity index (χ0v) is 13.6. The minimum absolute atomic E-state index is 0.0105. The van der Waals surface area contributed by atoms with Gasteiger partial charge < -0.3 is 20.7 Å². The second-order valence-electron chi connectivity index (χ2n) is 5.91. The summed E-state index contributed by atoms with van der Waals surface area (Å²) in [7, 11) is 1.61. The molecule has 0 bridgehead atoms. The van der Waals surface area contributed by atoms with E-state index in [0.717, 1.165) is 0 Å². The number of piperidine rings is 1. The number of anilines is 1. The third kappa shape index (κ3) is 4.66. The smallest absolute Gasteiger partial charge is 0.272 e. The van der Waals surface area contributed by atoms with Crippen LogP contribution in [0.1, 0.15) is 30.3 Å². The first-order chi connectivity index (χ1) is 11.0. The number of carbonyl (C=O) groups is 2. The number of nitrogens with zero attached hydrogens (tertiary/aromatic N) is 2. The van der Waals surface area contributed by atoms with Crippen LogP contribution in [-0.4, -0.2) is 54.5 Å². The van der Waals surface area contributed by atoms with E-state index in [-0.39, 0.29) is 23.8 Å². The van der Waals surface area contributed by atoms with Crippen LogP contribution < -0.4 is 11.1 Å². The van der Waals surface area contributed by atoms with Gasteiger partial charge in [-0.3, -0.25) is 14.6 Å². The number of hydrogen-bond acceptors (Lipinski definition) is 5. The van der Waals surface area contributed by atoms with E-state index >= 15 is 0 Å². The molecular weight excluding hydrogens is 296 g/mol. The molecule has 0 aliphatic carbocycles. The molecule has 1 atom stereocenters. The monoisotopic (exact) mass is 320 g/mol. The van der Waals surface area contributed by atoms with Gasteiger partial charge in [-0.05, 0) is 31.9 Å². The number of hydrogen-bond donors (Lipinski definition) is 2. The van der Waals surface area contributed by atoms with Crippen molar-refractivity contribution in [1.29, 1.82) is 0 Å². The molecule has 1 saturated heterocycles. The van der Waals surface area contributed by atoms with Crippen LogP contribution in [0.3, 0.4) is 0 Å². The summed E-state index contributed by atoms with van der Waals surface area (Å²) in [5.41, 5.74) is 6.55. The van der Waals surface area contributed by atoms with E-state index < -0.39 is 0 Å². The highest BCUT2D eigenvalue weighted by atomic mass is 16.5. The maximum atomic E-state index is 12.4. The Morgan fingerprint density at radius 3 is 2.78 bits per heavy atom. The van der Waals surface area contributed by atoms with Crippen LogP contribution in [0.2, 0.25) is 0 Å². The molecule has 1 aliphatic rings. The molecule has 1 fully saturated rings. The number of nitrogen functional groups attached to an aromatic ring is 1. The van der Waals surface area contributed by atoms with Gasteiger partial charge in [0.2, 0.25) is 5.91 Å². The third-order valence-corrected chi connectivity index (χ3v) is 3.96. The highest BCUT2D eigenvalue weighted by Crippen LogP contribution is 2.19. The molecule has 3 N–H and O–H groups in total. The highest BCUT2D eigenvalue weighted by molar-refractivity contribution is 5.93. The van der Waals surface area contributed by atoms with Crippen LogP contribution in [0.4, 0.5) is 5.69 Å². The van der Waals surface area contributed by atoms with E-state index in [4.69, 9.17) is 10.5 Å². The number of rotatable bonds is 5. The largest absolute Gasteiger partial charge is 0.399 e. The number of pyridine rings is 1. The van der Waals surface area contributed by atoms with Crippen molar-refractivity contribution in [3.63, 3.8) is 0 Å². The van der Waals surface area contributed by atoms with Crippen LogP contribution in [0, 0.1) is 5.92 Å². The SMILES string of the molecule is COC[C@H](C)NC(=O)C1CCN(C(=O)c2cc(N)ccn2)CC1. The molecule has 2 amide bonds. The minimum atomic E-state index is -0.135. The van der Waals surface area contributed by atoms with Gasteiger partial charge in [-0.2, -0.15) is 0 Å².